The number of nitrogens with one attached hydrogen (secondary N) is 2. The molecule has 0 saturated carbocycles. The van der Waals surface area contributed by atoms with Gasteiger partial charge >= 0.3 is 0 Å². The lowest BCUT2D eigenvalue weighted by Crippen LogP contribution is -2.28. The van der Waals surface area contributed by atoms with Crippen LogP contribution in [0.25, 0.3) is 0 Å². The first-order valence-electron chi connectivity index (χ1n) is 9.39. The zero-order valence-corrected chi connectivity index (χ0v) is 19.5. The quantitative estimate of drug-likeness (QED) is 0.483. The van der Waals surface area contributed by atoms with Crippen molar-refractivity contribution >= 4 is 52.5 Å². The molecule has 3 aromatic rings. The lowest BCUT2D eigenvalue weighted by molar-refractivity contribution is -0.113. The number of hydrogen-bond acceptors (Lipinski definition) is 5. The highest BCUT2D eigenvalue weighted by atomic mass is 35.5. The Labute approximate surface area is 194 Å². The van der Waals surface area contributed by atoms with E-state index in [0.29, 0.717) is 32.3 Å². The third-order valence-corrected chi connectivity index (χ3v) is 6.31. The van der Waals surface area contributed by atoms with Gasteiger partial charge in [0.2, 0.25) is 5.91 Å². The zero-order valence-electron chi connectivity index (χ0n) is 17.1. The average molecular weight is 478 g/mol. The van der Waals surface area contributed by atoms with Crippen LogP contribution < -0.4 is 10.6 Å². The highest BCUT2D eigenvalue weighted by molar-refractivity contribution is 7.99. The normalized spacial score (nSPS) is 11.8. The Hall–Kier alpha value is -2.55. The molecule has 0 spiro atoms. The van der Waals surface area contributed by atoms with Crippen LogP contribution in [-0.2, 0) is 11.8 Å². The molecule has 0 fully saturated rings. The molecule has 2 aromatic carbocycles. The topological polar surface area (TPSA) is 88.9 Å². The minimum atomic E-state index is -0.361. The number of aryl methyl sites for hydroxylation is 1. The Morgan fingerprint density at radius 3 is 2.55 bits per heavy atom. The predicted molar refractivity (Wildman–Crippen MR) is 124 cm³/mol. The largest absolute Gasteiger partial charge is 0.342 e. The van der Waals surface area contributed by atoms with Crippen molar-refractivity contribution in [2.24, 2.45) is 7.05 Å². The minimum absolute atomic E-state index is 0.110. The van der Waals surface area contributed by atoms with Gasteiger partial charge in [0.1, 0.15) is 0 Å². The fourth-order valence-corrected chi connectivity index (χ4v) is 3.86. The van der Waals surface area contributed by atoms with E-state index in [0.717, 1.165) is 5.56 Å². The van der Waals surface area contributed by atoms with Gasteiger partial charge in [0, 0.05) is 12.6 Å². The molecule has 2 N–H and O–H groups in total. The van der Waals surface area contributed by atoms with Crippen molar-refractivity contribution in [2.45, 2.75) is 25.0 Å². The number of carbonyl (C=O) groups excluding carboxylic acids is 2. The highest BCUT2D eigenvalue weighted by Crippen LogP contribution is 2.29. The summed E-state index contributed by atoms with van der Waals surface area (Å²) in [5.74, 6) is 0.252. The summed E-state index contributed by atoms with van der Waals surface area (Å²) in [5.41, 5.74) is 2.11. The molecule has 10 heteroatoms. The van der Waals surface area contributed by atoms with Crippen LogP contribution in [0.2, 0.25) is 10.0 Å². The molecular formula is C21H21Cl2N5O2S. The van der Waals surface area contributed by atoms with Gasteiger partial charge in [-0.2, -0.15) is 0 Å². The van der Waals surface area contributed by atoms with E-state index in [1.807, 2.05) is 26.0 Å². The van der Waals surface area contributed by atoms with Gasteiger partial charge in [0.15, 0.2) is 11.0 Å². The van der Waals surface area contributed by atoms with Crippen molar-refractivity contribution in [1.29, 1.82) is 0 Å². The van der Waals surface area contributed by atoms with Crippen LogP contribution in [-0.4, -0.2) is 32.3 Å². The maximum atomic E-state index is 12.5. The number of rotatable bonds is 7. The molecule has 3 rings (SSSR count). The van der Waals surface area contributed by atoms with Crippen LogP contribution in [0.5, 0.6) is 0 Å². The maximum absolute atomic E-state index is 12.5. The maximum Gasteiger partial charge on any atom is 0.251 e. The first-order valence-corrected chi connectivity index (χ1v) is 11.1. The second-order valence-corrected chi connectivity index (χ2v) is 8.63. The van der Waals surface area contributed by atoms with Gasteiger partial charge in [0.05, 0.1) is 27.5 Å². The summed E-state index contributed by atoms with van der Waals surface area (Å²) in [7, 11) is 1.79. The van der Waals surface area contributed by atoms with E-state index >= 15 is 0 Å². The number of benzene rings is 2. The van der Waals surface area contributed by atoms with Crippen LogP contribution in [0, 0.1) is 6.92 Å². The summed E-state index contributed by atoms with van der Waals surface area (Å²) in [5, 5.41) is 15.2. The third kappa shape index (κ3) is 5.78. The SMILES string of the molecule is Cc1ccc(C(=O)N[C@@H](C)c2nnc(SCC(=O)Nc3cccc(Cl)c3Cl)n2C)cc1. The summed E-state index contributed by atoms with van der Waals surface area (Å²) >= 11 is 13.3. The van der Waals surface area contributed by atoms with Crippen molar-refractivity contribution in [3.63, 3.8) is 0 Å². The Morgan fingerprint density at radius 2 is 1.84 bits per heavy atom. The summed E-state index contributed by atoms with van der Waals surface area (Å²) in [6.07, 6.45) is 0. The minimum Gasteiger partial charge on any atom is -0.342 e. The molecule has 162 valence electrons. The number of carbonyl (C=O) groups is 2. The van der Waals surface area contributed by atoms with Gasteiger partial charge in [-0.1, -0.05) is 58.7 Å². The second-order valence-electron chi connectivity index (χ2n) is 6.90. The molecule has 1 heterocycles. The van der Waals surface area contributed by atoms with Gasteiger partial charge in [-0.05, 0) is 38.1 Å². The van der Waals surface area contributed by atoms with Crippen molar-refractivity contribution in [1.82, 2.24) is 20.1 Å². The summed E-state index contributed by atoms with van der Waals surface area (Å²) in [4.78, 5) is 24.7. The number of anilines is 1. The van der Waals surface area contributed by atoms with Gasteiger partial charge in [-0.25, -0.2) is 0 Å². The molecule has 0 aliphatic heterocycles. The van der Waals surface area contributed by atoms with Crippen molar-refractivity contribution in [2.75, 3.05) is 11.1 Å². The lowest BCUT2D eigenvalue weighted by atomic mass is 10.1. The van der Waals surface area contributed by atoms with E-state index in [1.54, 1.807) is 41.9 Å². The molecule has 1 aromatic heterocycles. The molecule has 0 aliphatic rings. The fraction of sp³-hybridized carbons (Fsp3) is 0.238. The molecule has 1 atom stereocenters. The average Bonchev–Trinajstić information content (AvgIpc) is 3.11. The standard InChI is InChI=1S/C21H21Cl2N5O2S/c1-12-7-9-14(10-8-12)20(30)24-13(2)19-26-27-21(28(19)3)31-11-17(29)25-16-6-4-5-15(22)18(16)23/h4-10,13H,11H2,1-3H3,(H,24,30)(H,25,29)/t13-/m0/s1. The molecule has 0 aliphatic carbocycles. The van der Waals surface area contributed by atoms with Gasteiger partial charge in [-0.3, -0.25) is 9.59 Å². The van der Waals surface area contributed by atoms with Gasteiger partial charge in [0.25, 0.3) is 5.91 Å². The van der Waals surface area contributed by atoms with Crippen LogP contribution in [0.1, 0.15) is 34.7 Å². The number of halogens is 2. The monoisotopic (exact) mass is 477 g/mol. The number of amides is 2. The third-order valence-electron chi connectivity index (χ3n) is 4.48. The number of nitrogens with zero attached hydrogens (tertiary/aromatic N) is 3. The van der Waals surface area contributed by atoms with Gasteiger partial charge in [-0.15, -0.1) is 10.2 Å². The van der Waals surface area contributed by atoms with Gasteiger partial charge < -0.3 is 15.2 Å². The highest BCUT2D eigenvalue weighted by Gasteiger charge is 2.19. The number of thioether (sulfide) groups is 1. The van der Waals surface area contributed by atoms with Crippen LogP contribution in [0.15, 0.2) is 47.6 Å². The Balaban J connectivity index is 1.59. The first kappa shape index (κ1) is 23.1. The van der Waals surface area contributed by atoms with Crippen molar-refractivity contribution in [3.05, 3.63) is 69.5 Å². The molecule has 0 bridgehead atoms. The van der Waals surface area contributed by atoms with Crippen molar-refractivity contribution in [3.8, 4) is 0 Å². The summed E-state index contributed by atoms with van der Waals surface area (Å²) in [6.45, 7) is 3.80. The number of aromatic nitrogens is 3. The molecule has 31 heavy (non-hydrogen) atoms. The van der Waals surface area contributed by atoms with E-state index in [4.69, 9.17) is 23.2 Å². The van der Waals surface area contributed by atoms with Crippen LogP contribution >= 0.6 is 35.0 Å². The van der Waals surface area contributed by atoms with E-state index in [-0.39, 0.29) is 23.6 Å². The Kier molecular flexibility index (Phi) is 7.59. The predicted octanol–water partition coefficient (Wildman–Crippen LogP) is 4.65. The van der Waals surface area contributed by atoms with Crippen LogP contribution in [0.3, 0.4) is 0 Å². The second kappa shape index (κ2) is 10.2. The van der Waals surface area contributed by atoms with E-state index in [1.165, 1.54) is 11.8 Å². The molecule has 0 saturated heterocycles. The summed E-state index contributed by atoms with van der Waals surface area (Å²) in [6, 6.07) is 12.0. The van der Waals surface area contributed by atoms with Crippen LogP contribution in [0.4, 0.5) is 5.69 Å². The molecule has 0 radical (unpaired) electrons. The number of hydrogen-bond donors (Lipinski definition) is 2. The summed E-state index contributed by atoms with van der Waals surface area (Å²) < 4.78 is 1.75. The van der Waals surface area contributed by atoms with E-state index < -0.39 is 0 Å². The molecule has 2 amide bonds. The molecule has 7 nitrogen and oxygen atoms in total. The van der Waals surface area contributed by atoms with E-state index in [2.05, 4.69) is 20.8 Å². The first-order chi connectivity index (χ1) is 14.8. The zero-order chi connectivity index (χ0) is 22.5. The fourth-order valence-electron chi connectivity index (χ4n) is 2.80. The van der Waals surface area contributed by atoms with Crippen molar-refractivity contribution < 1.29 is 9.59 Å². The van der Waals surface area contributed by atoms with E-state index in [9.17, 15) is 9.59 Å². The molecule has 0 unspecified atom stereocenters. The Morgan fingerprint density at radius 1 is 1.13 bits per heavy atom. The lowest BCUT2D eigenvalue weighted by Gasteiger charge is -2.14. The smallest absolute Gasteiger partial charge is 0.251 e. The Bertz CT molecular complexity index is 1100. The molecular weight excluding hydrogens is 457 g/mol.